The molecule has 11 aromatic rings. The van der Waals surface area contributed by atoms with Crippen molar-refractivity contribution in [1.29, 1.82) is 0 Å². The van der Waals surface area contributed by atoms with Crippen molar-refractivity contribution >= 4 is 49.6 Å². The number of hydrogen-bond donors (Lipinski definition) is 0. The number of hydrogen-bond acceptors (Lipinski definition) is 1. The average molecular weight is 793 g/mol. The lowest BCUT2D eigenvalue weighted by Gasteiger charge is -2.26. The molecule has 1 aromatic heterocycles. The first-order valence-electron chi connectivity index (χ1n) is 21.4. The lowest BCUT2D eigenvalue weighted by Crippen LogP contribution is -2.09. The number of aromatic nitrogens is 1. The van der Waals surface area contributed by atoms with E-state index in [1.54, 1.807) is 0 Å². The Morgan fingerprint density at radius 3 is 1.45 bits per heavy atom. The standard InChI is InChI=1S/C60H44N2/c1-41-16-9-11-23-52(41)59-42(2)55(40-56-54-25-13-14-26-58(54)62(60(56)59)57-27-15-22-47-21-10-12-24-53(47)57)48-32-38-51(39-33-48)61(49-34-28-45(29-35-49)43-17-5-3-6-18-43)50-36-30-46(31-37-50)44-19-7-4-8-20-44/h3-40H,1-2H3. The fraction of sp³-hybridized carbons (Fsp3) is 0.0333. The summed E-state index contributed by atoms with van der Waals surface area (Å²) in [5.41, 5.74) is 19.2. The Morgan fingerprint density at radius 1 is 0.355 bits per heavy atom. The van der Waals surface area contributed by atoms with Gasteiger partial charge in [0, 0.05) is 38.8 Å². The second kappa shape index (κ2) is 15.6. The van der Waals surface area contributed by atoms with Crippen molar-refractivity contribution in [2.24, 2.45) is 0 Å². The molecule has 2 heteroatoms. The Morgan fingerprint density at radius 2 is 0.839 bits per heavy atom. The predicted octanol–water partition coefficient (Wildman–Crippen LogP) is 16.7. The van der Waals surface area contributed by atoms with Crippen molar-refractivity contribution in [3.63, 3.8) is 0 Å². The second-order valence-corrected chi connectivity index (χ2v) is 16.2. The molecule has 0 bridgehead atoms. The Bertz CT molecular complexity index is 3290. The number of rotatable bonds is 8. The Hall–Kier alpha value is -7.94. The van der Waals surface area contributed by atoms with E-state index in [-0.39, 0.29) is 0 Å². The SMILES string of the molecule is Cc1ccccc1-c1c(C)c(-c2ccc(N(c3ccc(-c4ccccc4)cc3)c3ccc(-c4ccccc4)cc3)cc2)cc2c3ccccc3n(-c3cccc4ccccc34)c12. The van der Waals surface area contributed by atoms with Crippen molar-refractivity contribution in [2.75, 3.05) is 4.90 Å². The summed E-state index contributed by atoms with van der Waals surface area (Å²) in [6.07, 6.45) is 0. The van der Waals surface area contributed by atoms with Crippen LogP contribution in [0.3, 0.4) is 0 Å². The van der Waals surface area contributed by atoms with E-state index in [2.05, 4.69) is 254 Å². The maximum absolute atomic E-state index is 2.51. The molecule has 0 aliphatic heterocycles. The fourth-order valence-corrected chi connectivity index (χ4v) is 9.46. The molecule has 1 heterocycles. The first-order valence-corrected chi connectivity index (χ1v) is 21.4. The molecule has 0 N–H and O–H groups in total. The van der Waals surface area contributed by atoms with Crippen LogP contribution >= 0.6 is 0 Å². The van der Waals surface area contributed by atoms with Crippen molar-refractivity contribution < 1.29 is 0 Å². The molecule has 10 aromatic carbocycles. The third kappa shape index (κ3) is 6.45. The number of anilines is 3. The quantitative estimate of drug-likeness (QED) is 0.149. The van der Waals surface area contributed by atoms with Crippen molar-refractivity contribution in [2.45, 2.75) is 13.8 Å². The van der Waals surface area contributed by atoms with Gasteiger partial charge in [0.1, 0.15) is 0 Å². The number of fused-ring (bicyclic) bond motifs is 4. The minimum Gasteiger partial charge on any atom is -0.311 e. The summed E-state index contributed by atoms with van der Waals surface area (Å²) in [5.74, 6) is 0. The van der Waals surface area contributed by atoms with Crippen LogP contribution in [0.4, 0.5) is 17.1 Å². The molecular formula is C60H44N2. The molecule has 62 heavy (non-hydrogen) atoms. The maximum atomic E-state index is 2.51. The van der Waals surface area contributed by atoms with E-state index in [1.165, 1.54) is 93.9 Å². The zero-order chi connectivity index (χ0) is 41.6. The van der Waals surface area contributed by atoms with Crippen LogP contribution in [-0.2, 0) is 0 Å². The molecule has 0 fully saturated rings. The maximum Gasteiger partial charge on any atom is 0.0622 e. The monoisotopic (exact) mass is 792 g/mol. The minimum atomic E-state index is 1.10. The van der Waals surface area contributed by atoms with Crippen molar-refractivity contribution in [1.82, 2.24) is 4.57 Å². The van der Waals surface area contributed by atoms with E-state index in [0.29, 0.717) is 0 Å². The normalized spacial score (nSPS) is 11.4. The lowest BCUT2D eigenvalue weighted by molar-refractivity contribution is 1.19. The van der Waals surface area contributed by atoms with E-state index >= 15 is 0 Å². The number of para-hydroxylation sites is 1. The van der Waals surface area contributed by atoms with Gasteiger partial charge >= 0.3 is 0 Å². The topological polar surface area (TPSA) is 8.17 Å². The Kier molecular flexibility index (Phi) is 9.32. The van der Waals surface area contributed by atoms with Crippen LogP contribution in [0.15, 0.2) is 231 Å². The van der Waals surface area contributed by atoms with Crippen LogP contribution in [-0.4, -0.2) is 4.57 Å². The number of aryl methyl sites for hydroxylation is 1. The third-order valence-electron chi connectivity index (χ3n) is 12.5. The lowest BCUT2D eigenvalue weighted by atomic mass is 9.88. The zero-order valence-corrected chi connectivity index (χ0v) is 34.8. The highest BCUT2D eigenvalue weighted by molar-refractivity contribution is 6.17. The van der Waals surface area contributed by atoms with Gasteiger partial charge < -0.3 is 9.47 Å². The van der Waals surface area contributed by atoms with E-state index in [9.17, 15) is 0 Å². The molecule has 2 nitrogen and oxygen atoms in total. The summed E-state index contributed by atoms with van der Waals surface area (Å²) >= 11 is 0. The van der Waals surface area contributed by atoms with E-state index in [4.69, 9.17) is 0 Å². The van der Waals surface area contributed by atoms with Gasteiger partial charge in [0.2, 0.25) is 0 Å². The van der Waals surface area contributed by atoms with Gasteiger partial charge in [-0.25, -0.2) is 0 Å². The largest absolute Gasteiger partial charge is 0.311 e. The summed E-state index contributed by atoms with van der Waals surface area (Å²) in [4.78, 5) is 2.36. The van der Waals surface area contributed by atoms with Crippen LogP contribution < -0.4 is 4.90 Å². The van der Waals surface area contributed by atoms with Crippen LogP contribution in [0.5, 0.6) is 0 Å². The van der Waals surface area contributed by atoms with Gasteiger partial charge in [0.05, 0.1) is 16.7 Å². The highest BCUT2D eigenvalue weighted by atomic mass is 15.1. The fourth-order valence-electron chi connectivity index (χ4n) is 9.46. The highest BCUT2D eigenvalue weighted by Crippen LogP contribution is 2.46. The van der Waals surface area contributed by atoms with Crippen LogP contribution in [0, 0.1) is 13.8 Å². The summed E-state index contributed by atoms with van der Waals surface area (Å²) < 4.78 is 2.51. The summed E-state index contributed by atoms with van der Waals surface area (Å²) in [7, 11) is 0. The van der Waals surface area contributed by atoms with Gasteiger partial charge in [-0.1, -0.05) is 176 Å². The van der Waals surface area contributed by atoms with E-state index < -0.39 is 0 Å². The number of nitrogens with zero attached hydrogens (tertiary/aromatic N) is 2. The molecule has 0 atom stereocenters. The van der Waals surface area contributed by atoms with Gasteiger partial charge in [0.25, 0.3) is 0 Å². The second-order valence-electron chi connectivity index (χ2n) is 16.2. The Labute approximate surface area is 363 Å². The summed E-state index contributed by atoms with van der Waals surface area (Å²) in [6.45, 7) is 4.55. The molecule has 0 unspecified atom stereocenters. The molecule has 294 valence electrons. The molecule has 0 spiro atoms. The molecule has 0 saturated heterocycles. The Balaban J connectivity index is 1.08. The first-order chi connectivity index (χ1) is 30.6. The van der Waals surface area contributed by atoms with Crippen LogP contribution in [0.25, 0.3) is 82.8 Å². The molecule has 0 aliphatic carbocycles. The summed E-state index contributed by atoms with van der Waals surface area (Å²) in [6, 6.07) is 83.8. The third-order valence-corrected chi connectivity index (χ3v) is 12.5. The molecule has 0 saturated carbocycles. The molecule has 11 rings (SSSR count). The highest BCUT2D eigenvalue weighted by Gasteiger charge is 2.23. The van der Waals surface area contributed by atoms with Crippen LogP contribution in [0.2, 0.25) is 0 Å². The van der Waals surface area contributed by atoms with Gasteiger partial charge in [0.15, 0.2) is 0 Å². The molecular weight excluding hydrogens is 749 g/mol. The smallest absolute Gasteiger partial charge is 0.0622 e. The molecule has 0 radical (unpaired) electrons. The van der Waals surface area contributed by atoms with Crippen molar-refractivity contribution in [3.8, 4) is 50.2 Å². The predicted molar refractivity (Wildman–Crippen MR) is 264 cm³/mol. The van der Waals surface area contributed by atoms with E-state index in [1.807, 2.05) is 0 Å². The minimum absolute atomic E-state index is 1.10. The molecule has 0 aliphatic rings. The van der Waals surface area contributed by atoms with Gasteiger partial charge in [-0.05, 0) is 124 Å². The average Bonchev–Trinajstić information content (AvgIpc) is 3.66. The van der Waals surface area contributed by atoms with Gasteiger partial charge in [-0.3, -0.25) is 0 Å². The number of benzene rings is 10. The molecule has 0 amide bonds. The van der Waals surface area contributed by atoms with Gasteiger partial charge in [-0.2, -0.15) is 0 Å². The first kappa shape index (κ1) is 37.1. The zero-order valence-electron chi connectivity index (χ0n) is 34.8. The van der Waals surface area contributed by atoms with E-state index in [0.717, 1.165) is 17.1 Å². The van der Waals surface area contributed by atoms with Gasteiger partial charge in [-0.15, -0.1) is 0 Å². The van der Waals surface area contributed by atoms with Crippen LogP contribution in [0.1, 0.15) is 11.1 Å². The summed E-state index contributed by atoms with van der Waals surface area (Å²) in [5, 5.41) is 4.96. The van der Waals surface area contributed by atoms with Crippen molar-refractivity contribution in [3.05, 3.63) is 242 Å².